The summed E-state index contributed by atoms with van der Waals surface area (Å²) >= 11 is 0. The van der Waals surface area contributed by atoms with Crippen LogP contribution in [0.15, 0.2) is 6.20 Å². The topological polar surface area (TPSA) is 44.3 Å². The van der Waals surface area contributed by atoms with Gasteiger partial charge in [-0.1, -0.05) is 6.92 Å². The fourth-order valence-corrected chi connectivity index (χ4v) is 1.96. The first-order valence-corrected chi connectivity index (χ1v) is 7.43. The Hall–Kier alpha value is -1.20. The van der Waals surface area contributed by atoms with Crippen LogP contribution in [0.1, 0.15) is 31.0 Å². The van der Waals surface area contributed by atoms with Gasteiger partial charge in [0.2, 0.25) is 5.95 Å². The van der Waals surface area contributed by atoms with Crippen LogP contribution in [0.5, 0.6) is 0 Å². The summed E-state index contributed by atoms with van der Waals surface area (Å²) in [7, 11) is 6.25. The summed E-state index contributed by atoms with van der Waals surface area (Å²) in [5.74, 6) is 0.820. The molecule has 0 spiro atoms. The van der Waals surface area contributed by atoms with Gasteiger partial charge in [-0.3, -0.25) is 0 Å². The second-order valence-corrected chi connectivity index (χ2v) is 5.54. The molecule has 0 bridgehead atoms. The molecule has 1 heterocycles. The molecule has 0 aliphatic rings. The van der Waals surface area contributed by atoms with E-state index in [1.54, 1.807) is 0 Å². The number of anilines is 1. The lowest BCUT2D eigenvalue weighted by Crippen LogP contribution is -2.25. The van der Waals surface area contributed by atoms with Gasteiger partial charge in [-0.15, -0.1) is 0 Å². The molecule has 1 rings (SSSR count). The van der Waals surface area contributed by atoms with Crippen molar-refractivity contribution in [3.63, 3.8) is 0 Å². The first-order valence-electron chi connectivity index (χ1n) is 7.43. The molecule has 0 saturated heterocycles. The Morgan fingerprint density at radius 2 is 1.95 bits per heavy atom. The maximum absolute atomic E-state index is 4.61. The highest BCUT2D eigenvalue weighted by atomic mass is 15.2. The van der Waals surface area contributed by atoms with Crippen molar-refractivity contribution in [2.45, 2.75) is 33.2 Å². The molecule has 0 fully saturated rings. The van der Waals surface area contributed by atoms with E-state index in [4.69, 9.17) is 0 Å². The van der Waals surface area contributed by atoms with Gasteiger partial charge in [0.05, 0.1) is 0 Å². The van der Waals surface area contributed by atoms with Gasteiger partial charge in [-0.2, -0.15) is 0 Å². The summed E-state index contributed by atoms with van der Waals surface area (Å²) in [5.41, 5.74) is 2.25. The summed E-state index contributed by atoms with van der Waals surface area (Å²) < 4.78 is 0. The van der Waals surface area contributed by atoms with E-state index in [1.807, 2.05) is 6.20 Å². The maximum Gasteiger partial charge on any atom is 0.225 e. The Kier molecular flexibility index (Phi) is 7.47. The molecule has 1 aromatic heterocycles. The van der Waals surface area contributed by atoms with Gasteiger partial charge >= 0.3 is 0 Å². The zero-order valence-electron chi connectivity index (χ0n) is 13.6. The molecule has 0 amide bonds. The highest BCUT2D eigenvalue weighted by Crippen LogP contribution is 2.10. The number of nitrogens with one attached hydrogen (secondary N) is 1. The molecule has 0 atom stereocenters. The Morgan fingerprint density at radius 1 is 1.20 bits per heavy atom. The predicted molar refractivity (Wildman–Crippen MR) is 85.2 cm³/mol. The van der Waals surface area contributed by atoms with Crippen LogP contribution < -0.4 is 10.2 Å². The SMILES string of the molecule is CCCNCc1cnc(N(C)CCCN(C)C)nc1C. The molecular formula is C15H29N5. The monoisotopic (exact) mass is 279 g/mol. The van der Waals surface area contributed by atoms with Gasteiger partial charge in [0.1, 0.15) is 0 Å². The molecule has 0 radical (unpaired) electrons. The zero-order valence-corrected chi connectivity index (χ0v) is 13.6. The van der Waals surface area contributed by atoms with Crippen molar-refractivity contribution in [1.29, 1.82) is 0 Å². The van der Waals surface area contributed by atoms with E-state index in [9.17, 15) is 0 Å². The second kappa shape index (κ2) is 8.87. The third kappa shape index (κ3) is 5.84. The van der Waals surface area contributed by atoms with E-state index in [1.165, 1.54) is 5.56 Å². The van der Waals surface area contributed by atoms with E-state index < -0.39 is 0 Å². The van der Waals surface area contributed by atoms with E-state index in [0.29, 0.717) is 0 Å². The highest BCUT2D eigenvalue weighted by Gasteiger charge is 2.07. The summed E-state index contributed by atoms with van der Waals surface area (Å²) in [4.78, 5) is 13.4. The zero-order chi connectivity index (χ0) is 15.0. The number of hydrogen-bond donors (Lipinski definition) is 1. The minimum atomic E-state index is 0.820. The first-order chi connectivity index (χ1) is 9.54. The Morgan fingerprint density at radius 3 is 2.55 bits per heavy atom. The van der Waals surface area contributed by atoms with Crippen LogP contribution in [0.2, 0.25) is 0 Å². The number of rotatable bonds is 9. The summed E-state index contributed by atoms with van der Waals surface area (Å²) in [6, 6.07) is 0. The lowest BCUT2D eigenvalue weighted by Gasteiger charge is -2.19. The van der Waals surface area contributed by atoms with Gasteiger partial charge in [0.25, 0.3) is 0 Å². The fraction of sp³-hybridized carbons (Fsp3) is 0.733. The van der Waals surface area contributed by atoms with Crippen LogP contribution >= 0.6 is 0 Å². The predicted octanol–water partition coefficient (Wildman–Crippen LogP) is 1.67. The van der Waals surface area contributed by atoms with Crippen molar-refractivity contribution in [3.05, 3.63) is 17.5 Å². The molecule has 5 nitrogen and oxygen atoms in total. The van der Waals surface area contributed by atoms with Gasteiger partial charge < -0.3 is 15.1 Å². The average Bonchev–Trinajstić information content (AvgIpc) is 2.40. The maximum atomic E-state index is 4.61. The van der Waals surface area contributed by atoms with E-state index >= 15 is 0 Å². The van der Waals surface area contributed by atoms with Crippen molar-refractivity contribution in [2.75, 3.05) is 45.7 Å². The third-order valence-electron chi connectivity index (χ3n) is 3.25. The van der Waals surface area contributed by atoms with Crippen LogP contribution in [0.25, 0.3) is 0 Å². The second-order valence-electron chi connectivity index (χ2n) is 5.54. The Bertz CT molecular complexity index is 392. The largest absolute Gasteiger partial charge is 0.344 e. The highest BCUT2D eigenvalue weighted by molar-refractivity contribution is 5.31. The Balaban J connectivity index is 2.52. The van der Waals surface area contributed by atoms with Crippen molar-refractivity contribution in [3.8, 4) is 0 Å². The van der Waals surface area contributed by atoms with Gasteiger partial charge in [-0.05, 0) is 47.0 Å². The first kappa shape index (κ1) is 16.9. The van der Waals surface area contributed by atoms with Crippen LogP contribution in [0.4, 0.5) is 5.95 Å². The lowest BCUT2D eigenvalue weighted by molar-refractivity contribution is 0.401. The molecule has 0 aliphatic carbocycles. The quantitative estimate of drug-likeness (QED) is 0.697. The van der Waals surface area contributed by atoms with Crippen molar-refractivity contribution in [2.24, 2.45) is 0 Å². The summed E-state index contributed by atoms with van der Waals surface area (Å²) in [6.07, 6.45) is 4.21. The average molecular weight is 279 g/mol. The van der Waals surface area contributed by atoms with Crippen LogP contribution in [-0.4, -0.2) is 55.6 Å². The van der Waals surface area contributed by atoms with Crippen molar-refractivity contribution in [1.82, 2.24) is 20.2 Å². The number of aromatic nitrogens is 2. The number of nitrogens with zero attached hydrogens (tertiary/aromatic N) is 4. The van der Waals surface area contributed by atoms with Crippen molar-refractivity contribution >= 4 is 5.95 Å². The third-order valence-corrected chi connectivity index (χ3v) is 3.25. The number of aryl methyl sites for hydroxylation is 1. The van der Waals surface area contributed by atoms with Crippen LogP contribution in [-0.2, 0) is 6.54 Å². The standard InChI is InChI=1S/C15H29N5/c1-6-8-16-11-14-12-17-15(18-13(14)2)20(5)10-7-9-19(3)4/h12,16H,6-11H2,1-5H3. The molecule has 0 aliphatic heterocycles. The number of hydrogen-bond acceptors (Lipinski definition) is 5. The van der Waals surface area contributed by atoms with E-state index in [-0.39, 0.29) is 0 Å². The smallest absolute Gasteiger partial charge is 0.225 e. The molecule has 0 saturated carbocycles. The van der Waals surface area contributed by atoms with Crippen molar-refractivity contribution < 1.29 is 0 Å². The summed E-state index contributed by atoms with van der Waals surface area (Å²) in [5, 5.41) is 3.39. The summed E-state index contributed by atoms with van der Waals surface area (Å²) in [6.45, 7) is 8.17. The van der Waals surface area contributed by atoms with Gasteiger partial charge in [0.15, 0.2) is 0 Å². The molecular weight excluding hydrogens is 250 g/mol. The molecule has 114 valence electrons. The van der Waals surface area contributed by atoms with Gasteiger partial charge in [0, 0.05) is 37.6 Å². The van der Waals surface area contributed by atoms with Crippen LogP contribution in [0.3, 0.4) is 0 Å². The van der Waals surface area contributed by atoms with Gasteiger partial charge in [-0.25, -0.2) is 9.97 Å². The molecule has 1 N–H and O–H groups in total. The molecule has 20 heavy (non-hydrogen) atoms. The van der Waals surface area contributed by atoms with E-state index in [2.05, 4.69) is 60.1 Å². The Labute approximate surface area is 123 Å². The normalized spacial score (nSPS) is 11.1. The minimum absolute atomic E-state index is 0.820. The lowest BCUT2D eigenvalue weighted by atomic mass is 10.2. The molecule has 0 unspecified atom stereocenters. The minimum Gasteiger partial charge on any atom is -0.344 e. The molecule has 0 aromatic carbocycles. The van der Waals surface area contributed by atoms with E-state index in [0.717, 1.165) is 50.7 Å². The molecule has 5 heteroatoms. The van der Waals surface area contributed by atoms with Crippen LogP contribution in [0, 0.1) is 6.92 Å². The molecule has 1 aromatic rings. The fourth-order valence-electron chi connectivity index (χ4n) is 1.96.